The summed E-state index contributed by atoms with van der Waals surface area (Å²) in [5.41, 5.74) is 0. The largest absolute Gasteiger partial charge is 0.494 e. The van der Waals surface area contributed by atoms with Gasteiger partial charge in [-0.2, -0.15) is 0 Å². The van der Waals surface area contributed by atoms with Crippen molar-refractivity contribution in [2.45, 2.75) is 32.5 Å². The van der Waals surface area contributed by atoms with Gasteiger partial charge in [-0.15, -0.1) is 0 Å². The molecule has 0 amide bonds. The third kappa shape index (κ3) is 2.35. The molecule has 3 nitrogen and oxygen atoms in total. The van der Waals surface area contributed by atoms with Crippen molar-refractivity contribution in [1.29, 1.82) is 0 Å². The minimum atomic E-state index is -0.403. The molecule has 0 aromatic rings. The van der Waals surface area contributed by atoms with Crippen LogP contribution in [-0.2, 0) is 14.3 Å². The van der Waals surface area contributed by atoms with E-state index in [2.05, 4.69) is 0 Å². The molecular weight excluding hydrogens is 204 g/mol. The molecule has 1 saturated heterocycles. The van der Waals surface area contributed by atoms with Crippen LogP contribution >= 0.6 is 0 Å². The number of rotatable bonds is 0. The predicted octanol–water partition coefficient (Wildman–Crippen LogP) is 2.35. The number of esters is 1. The van der Waals surface area contributed by atoms with Crippen molar-refractivity contribution in [3.8, 4) is 0 Å². The molecule has 0 bridgehead atoms. The maximum absolute atomic E-state index is 11.8. The summed E-state index contributed by atoms with van der Waals surface area (Å²) in [7, 11) is 0. The molecular formula is C13H16O3. The molecule has 0 saturated carbocycles. The number of allylic oxidation sites excluding steroid dienone is 4. The molecule has 1 aliphatic heterocycles. The minimum absolute atomic E-state index is 0.0664. The van der Waals surface area contributed by atoms with Gasteiger partial charge >= 0.3 is 5.97 Å². The van der Waals surface area contributed by atoms with Crippen molar-refractivity contribution in [2.24, 2.45) is 5.92 Å². The zero-order chi connectivity index (χ0) is 11.5. The Morgan fingerprint density at radius 1 is 1.12 bits per heavy atom. The van der Waals surface area contributed by atoms with Gasteiger partial charge in [0.1, 0.15) is 17.8 Å². The van der Waals surface area contributed by atoms with Crippen molar-refractivity contribution in [2.75, 3.05) is 0 Å². The summed E-state index contributed by atoms with van der Waals surface area (Å²) in [6.45, 7) is 3.89. The summed E-state index contributed by atoms with van der Waals surface area (Å²) in [5.74, 6) is 0.0419. The second kappa shape index (κ2) is 4.56. The summed E-state index contributed by atoms with van der Waals surface area (Å²) in [6, 6.07) is 0. The Morgan fingerprint density at radius 2 is 1.88 bits per heavy atom. The Labute approximate surface area is 95.4 Å². The van der Waals surface area contributed by atoms with Crippen molar-refractivity contribution < 1.29 is 14.3 Å². The lowest BCUT2D eigenvalue weighted by Gasteiger charge is -2.27. The van der Waals surface area contributed by atoms with Crippen LogP contribution in [0.5, 0.6) is 0 Å². The Morgan fingerprint density at radius 3 is 2.69 bits per heavy atom. The van der Waals surface area contributed by atoms with Crippen LogP contribution in [0.4, 0.5) is 0 Å². The molecule has 86 valence electrons. The molecule has 0 spiro atoms. The Hall–Kier alpha value is -1.51. The van der Waals surface area contributed by atoms with Crippen LogP contribution < -0.4 is 0 Å². The Bertz CT molecular complexity index is 365. The Balaban J connectivity index is 2.27. The maximum atomic E-state index is 11.8. The highest BCUT2D eigenvalue weighted by Gasteiger charge is 2.29. The number of hydrogen-bond donors (Lipinski definition) is 0. The van der Waals surface area contributed by atoms with Crippen LogP contribution in [0.2, 0.25) is 0 Å². The molecule has 1 aliphatic carbocycles. The van der Waals surface area contributed by atoms with Crippen LogP contribution in [0.25, 0.3) is 0 Å². The summed E-state index contributed by atoms with van der Waals surface area (Å²) >= 11 is 0. The van der Waals surface area contributed by atoms with E-state index in [1.165, 1.54) is 0 Å². The summed E-state index contributed by atoms with van der Waals surface area (Å²) in [5, 5.41) is 0. The fourth-order valence-electron chi connectivity index (χ4n) is 1.96. The van der Waals surface area contributed by atoms with Crippen LogP contribution in [0.15, 0.2) is 36.1 Å². The first-order valence-electron chi connectivity index (χ1n) is 5.59. The molecule has 2 rings (SSSR count). The molecule has 2 aliphatic rings. The quantitative estimate of drug-likeness (QED) is 0.588. The van der Waals surface area contributed by atoms with Crippen molar-refractivity contribution in [3.05, 3.63) is 36.1 Å². The van der Waals surface area contributed by atoms with Crippen LogP contribution in [-0.4, -0.2) is 18.2 Å². The fourth-order valence-corrected chi connectivity index (χ4v) is 1.96. The van der Waals surface area contributed by atoms with Gasteiger partial charge < -0.3 is 9.47 Å². The number of carbonyl (C=O) groups is 1. The standard InChI is InChI=1S/C13H16O3/c1-9-8-10(2)16-13(14)11-6-4-3-5-7-12(11)15-9/h3-7,9-11H,8H2,1-2H3/t9-,10+,11-/m0/s1. The smallest absolute Gasteiger partial charge is 0.320 e. The highest BCUT2D eigenvalue weighted by atomic mass is 16.6. The van der Waals surface area contributed by atoms with Crippen molar-refractivity contribution >= 4 is 5.97 Å². The minimum Gasteiger partial charge on any atom is -0.494 e. The van der Waals surface area contributed by atoms with Gasteiger partial charge in [-0.25, -0.2) is 0 Å². The number of carbonyl (C=O) groups excluding carboxylic acids is 1. The van der Waals surface area contributed by atoms with Crippen LogP contribution in [0.1, 0.15) is 20.3 Å². The summed E-state index contributed by atoms with van der Waals surface area (Å²) < 4.78 is 11.1. The summed E-state index contributed by atoms with van der Waals surface area (Å²) in [6.07, 6.45) is 9.93. The van der Waals surface area contributed by atoms with Gasteiger partial charge in [-0.3, -0.25) is 4.79 Å². The first-order chi connectivity index (χ1) is 7.66. The van der Waals surface area contributed by atoms with Gasteiger partial charge in [0.15, 0.2) is 0 Å². The average Bonchev–Trinajstić information content (AvgIpc) is 2.40. The number of fused-ring (bicyclic) bond motifs is 1. The SMILES string of the molecule is C[C@@H]1C[C@H](C)OC2=CC=CC=C[C@@H]2C(=O)O1. The molecule has 1 fully saturated rings. The second-order valence-corrected chi connectivity index (χ2v) is 4.23. The van der Waals surface area contributed by atoms with E-state index >= 15 is 0 Å². The molecule has 3 atom stereocenters. The number of cyclic esters (lactones) is 1. The first kappa shape index (κ1) is 11.0. The van der Waals surface area contributed by atoms with Crippen molar-refractivity contribution in [1.82, 2.24) is 0 Å². The third-order valence-corrected chi connectivity index (χ3v) is 2.67. The molecule has 0 aromatic heterocycles. The van der Waals surface area contributed by atoms with E-state index in [1.807, 2.05) is 44.2 Å². The van der Waals surface area contributed by atoms with Crippen LogP contribution in [0.3, 0.4) is 0 Å². The van der Waals surface area contributed by atoms with Gasteiger partial charge in [-0.1, -0.05) is 24.3 Å². The van der Waals surface area contributed by atoms with E-state index in [0.29, 0.717) is 5.76 Å². The highest BCUT2D eigenvalue weighted by Crippen LogP contribution is 2.25. The van der Waals surface area contributed by atoms with E-state index < -0.39 is 5.92 Å². The zero-order valence-electron chi connectivity index (χ0n) is 9.55. The monoisotopic (exact) mass is 220 g/mol. The van der Waals surface area contributed by atoms with Crippen molar-refractivity contribution in [3.63, 3.8) is 0 Å². The lowest BCUT2D eigenvalue weighted by atomic mass is 10.1. The van der Waals surface area contributed by atoms with Gasteiger partial charge in [0.05, 0.1) is 6.10 Å². The lowest BCUT2D eigenvalue weighted by Crippen LogP contribution is -2.31. The van der Waals surface area contributed by atoms with Gasteiger partial charge in [0, 0.05) is 6.42 Å². The first-order valence-corrected chi connectivity index (χ1v) is 5.59. The molecule has 3 heteroatoms. The van der Waals surface area contributed by atoms with E-state index in [0.717, 1.165) is 6.42 Å². The average molecular weight is 220 g/mol. The normalized spacial score (nSPS) is 33.8. The summed E-state index contributed by atoms with van der Waals surface area (Å²) in [4.78, 5) is 11.8. The fraction of sp³-hybridized carbons (Fsp3) is 0.462. The van der Waals surface area contributed by atoms with E-state index in [-0.39, 0.29) is 18.2 Å². The van der Waals surface area contributed by atoms with E-state index in [4.69, 9.17) is 9.47 Å². The lowest BCUT2D eigenvalue weighted by molar-refractivity contribution is -0.155. The maximum Gasteiger partial charge on any atom is 0.320 e. The Kier molecular flexibility index (Phi) is 3.13. The molecule has 0 aromatic carbocycles. The second-order valence-electron chi connectivity index (χ2n) is 4.23. The molecule has 1 heterocycles. The topological polar surface area (TPSA) is 35.5 Å². The van der Waals surface area contributed by atoms with E-state index in [1.54, 1.807) is 0 Å². The molecule has 0 radical (unpaired) electrons. The number of hydrogen-bond acceptors (Lipinski definition) is 3. The number of ether oxygens (including phenoxy) is 2. The third-order valence-electron chi connectivity index (χ3n) is 2.67. The molecule has 16 heavy (non-hydrogen) atoms. The van der Waals surface area contributed by atoms with Gasteiger partial charge in [0.2, 0.25) is 0 Å². The molecule has 0 N–H and O–H groups in total. The molecule has 0 unspecified atom stereocenters. The van der Waals surface area contributed by atoms with Gasteiger partial charge in [-0.05, 0) is 19.9 Å². The zero-order valence-corrected chi connectivity index (χ0v) is 9.55. The van der Waals surface area contributed by atoms with E-state index in [9.17, 15) is 4.79 Å². The van der Waals surface area contributed by atoms with Crippen LogP contribution in [0, 0.1) is 5.92 Å². The van der Waals surface area contributed by atoms with Gasteiger partial charge in [0.25, 0.3) is 0 Å². The highest BCUT2D eigenvalue weighted by molar-refractivity contribution is 5.78. The predicted molar refractivity (Wildman–Crippen MR) is 60.6 cm³/mol.